The molecule has 1 atom stereocenters. The van der Waals surface area contributed by atoms with Gasteiger partial charge in [-0.25, -0.2) is 8.42 Å². The lowest BCUT2D eigenvalue weighted by molar-refractivity contribution is -0.140. The molecule has 0 spiro atoms. The molecule has 0 aliphatic heterocycles. The van der Waals surface area contributed by atoms with Gasteiger partial charge in [0.15, 0.2) is 0 Å². The normalized spacial score (nSPS) is 12.0. The number of rotatable bonds is 13. The van der Waals surface area contributed by atoms with Gasteiger partial charge in [0.05, 0.1) is 17.7 Å². The van der Waals surface area contributed by atoms with Crippen molar-refractivity contribution in [3.8, 4) is 5.75 Å². The van der Waals surface area contributed by atoms with E-state index in [9.17, 15) is 18.0 Å². The molecule has 0 radical (unpaired) electrons. The van der Waals surface area contributed by atoms with Crippen LogP contribution in [0.25, 0.3) is 0 Å². The summed E-state index contributed by atoms with van der Waals surface area (Å²) in [6.07, 6.45) is 0.247. The van der Waals surface area contributed by atoms with Crippen LogP contribution >= 0.6 is 15.9 Å². The van der Waals surface area contributed by atoms with Crippen molar-refractivity contribution in [2.45, 2.75) is 50.7 Å². The maximum absolute atomic E-state index is 14.5. The largest absolute Gasteiger partial charge is 0.497 e. The summed E-state index contributed by atoms with van der Waals surface area (Å²) in [5.74, 6) is -0.331. The molecular formula is C35H38BrN3O5S. The minimum atomic E-state index is -4.20. The number of hydrogen-bond donors (Lipinski definition) is 1. The Morgan fingerprint density at radius 3 is 2.04 bits per heavy atom. The van der Waals surface area contributed by atoms with Crippen molar-refractivity contribution in [1.29, 1.82) is 0 Å². The molecule has 4 rings (SSSR count). The van der Waals surface area contributed by atoms with Crippen LogP contribution < -0.4 is 14.4 Å². The minimum Gasteiger partial charge on any atom is -0.497 e. The van der Waals surface area contributed by atoms with E-state index < -0.39 is 28.5 Å². The number of sulfonamides is 1. The van der Waals surface area contributed by atoms with Crippen molar-refractivity contribution in [1.82, 2.24) is 10.2 Å². The van der Waals surface area contributed by atoms with Crippen LogP contribution in [0.4, 0.5) is 5.69 Å². The van der Waals surface area contributed by atoms with Gasteiger partial charge in [0, 0.05) is 23.5 Å². The van der Waals surface area contributed by atoms with E-state index in [0.717, 1.165) is 25.5 Å². The van der Waals surface area contributed by atoms with Crippen molar-refractivity contribution >= 4 is 43.5 Å². The quantitative estimate of drug-likeness (QED) is 0.182. The molecule has 2 amide bonds. The van der Waals surface area contributed by atoms with Crippen molar-refractivity contribution in [2.24, 2.45) is 0 Å². The Hall–Kier alpha value is -4.15. The average molecular weight is 693 g/mol. The molecule has 4 aromatic carbocycles. The first-order chi connectivity index (χ1) is 21.5. The van der Waals surface area contributed by atoms with Crippen LogP contribution in [0.15, 0.2) is 112 Å². The lowest BCUT2D eigenvalue weighted by atomic mass is 10.0. The van der Waals surface area contributed by atoms with Gasteiger partial charge in [-0.1, -0.05) is 76.1 Å². The molecule has 0 heterocycles. The number of nitrogens with one attached hydrogen (secondary N) is 1. The lowest BCUT2D eigenvalue weighted by Crippen LogP contribution is -2.54. The van der Waals surface area contributed by atoms with Gasteiger partial charge in [0.25, 0.3) is 10.0 Å². The third-order valence-electron chi connectivity index (χ3n) is 7.22. The molecule has 45 heavy (non-hydrogen) atoms. The smallest absolute Gasteiger partial charge is 0.264 e. The Balaban J connectivity index is 1.79. The molecule has 0 aromatic heterocycles. The Morgan fingerprint density at radius 2 is 1.47 bits per heavy atom. The number of nitrogens with zero attached hydrogens (tertiary/aromatic N) is 2. The van der Waals surface area contributed by atoms with E-state index in [1.54, 1.807) is 36.4 Å². The van der Waals surface area contributed by atoms with E-state index in [0.29, 0.717) is 11.4 Å². The zero-order chi connectivity index (χ0) is 32.6. The van der Waals surface area contributed by atoms with Crippen LogP contribution in [-0.4, -0.2) is 50.9 Å². The zero-order valence-corrected chi connectivity index (χ0v) is 28.2. The summed E-state index contributed by atoms with van der Waals surface area (Å²) in [7, 11) is -2.70. The predicted molar refractivity (Wildman–Crippen MR) is 181 cm³/mol. The highest BCUT2D eigenvalue weighted by atomic mass is 79.9. The summed E-state index contributed by atoms with van der Waals surface area (Å²) >= 11 is 3.45. The number of aryl methyl sites for hydroxylation is 1. The highest BCUT2D eigenvalue weighted by Gasteiger charge is 2.34. The second kappa shape index (κ2) is 15.2. The van der Waals surface area contributed by atoms with Crippen molar-refractivity contribution in [3.63, 3.8) is 0 Å². The number of carbonyl (C=O) groups is 2. The van der Waals surface area contributed by atoms with E-state index >= 15 is 0 Å². The molecule has 4 aromatic rings. The lowest BCUT2D eigenvalue weighted by Gasteiger charge is -2.34. The van der Waals surface area contributed by atoms with Gasteiger partial charge in [0.1, 0.15) is 18.3 Å². The predicted octanol–water partition coefficient (Wildman–Crippen LogP) is 6.13. The molecule has 0 saturated heterocycles. The Bertz CT molecular complexity index is 1680. The van der Waals surface area contributed by atoms with Crippen molar-refractivity contribution in [3.05, 3.63) is 124 Å². The van der Waals surface area contributed by atoms with Crippen LogP contribution in [0.3, 0.4) is 0 Å². The first kappa shape index (κ1) is 33.7. The maximum atomic E-state index is 14.5. The number of anilines is 1. The molecule has 0 bridgehead atoms. The van der Waals surface area contributed by atoms with Crippen LogP contribution in [0.2, 0.25) is 0 Å². The fourth-order valence-corrected chi connectivity index (χ4v) is 6.51. The average Bonchev–Trinajstić information content (AvgIpc) is 3.03. The highest BCUT2D eigenvalue weighted by molar-refractivity contribution is 9.10. The summed E-state index contributed by atoms with van der Waals surface area (Å²) in [5.41, 5.74) is 2.94. The maximum Gasteiger partial charge on any atom is 0.264 e. The van der Waals surface area contributed by atoms with Gasteiger partial charge >= 0.3 is 0 Å². The molecule has 1 N–H and O–H groups in total. The molecule has 0 aliphatic rings. The van der Waals surface area contributed by atoms with Gasteiger partial charge in [0.2, 0.25) is 11.8 Å². The van der Waals surface area contributed by atoms with E-state index in [1.165, 1.54) is 24.1 Å². The van der Waals surface area contributed by atoms with E-state index in [-0.39, 0.29) is 29.8 Å². The minimum absolute atomic E-state index is 0.00882. The number of ether oxygens (including phenoxy) is 1. The third-order valence-corrected chi connectivity index (χ3v) is 9.53. The van der Waals surface area contributed by atoms with Gasteiger partial charge in [-0.2, -0.15) is 0 Å². The van der Waals surface area contributed by atoms with Gasteiger partial charge in [-0.15, -0.1) is 0 Å². The summed E-state index contributed by atoms with van der Waals surface area (Å²) in [5, 5.41) is 2.97. The molecule has 0 aliphatic carbocycles. The molecular weight excluding hydrogens is 654 g/mol. The standard InChI is InChI=1S/C35H38BrN3O5S/c1-25(2)37-35(41)33(22-27-8-6-5-7-9-27)38(23-28-12-14-29(36)15-13-28)34(40)24-39(30-16-10-26(3)11-17-30)45(42,43)32-20-18-31(44-4)19-21-32/h5-21,25,33H,22-24H2,1-4H3,(H,37,41)/t33-/m1/s1. The number of hydrogen-bond acceptors (Lipinski definition) is 5. The fraction of sp³-hybridized carbons (Fsp3) is 0.257. The summed E-state index contributed by atoms with van der Waals surface area (Å²) in [6.45, 7) is 5.20. The SMILES string of the molecule is COc1ccc(S(=O)(=O)N(CC(=O)N(Cc2ccc(Br)cc2)[C@H](Cc2ccccc2)C(=O)NC(C)C)c2ccc(C)cc2)cc1. The number of methoxy groups -OCH3 is 1. The first-order valence-electron chi connectivity index (χ1n) is 14.6. The van der Waals surface area contributed by atoms with Crippen LogP contribution in [0.5, 0.6) is 5.75 Å². The van der Waals surface area contributed by atoms with E-state index in [1.807, 2.05) is 75.4 Å². The second-order valence-electron chi connectivity index (χ2n) is 11.0. The molecule has 8 nitrogen and oxygen atoms in total. The van der Waals surface area contributed by atoms with Crippen molar-refractivity contribution < 1.29 is 22.7 Å². The second-order valence-corrected chi connectivity index (χ2v) is 13.8. The summed E-state index contributed by atoms with van der Waals surface area (Å²) < 4.78 is 35.5. The third kappa shape index (κ3) is 8.95. The first-order valence-corrected chi connectivity index (χ1v) is 16.8. The number of amides is 2. The van der Waals surface area contributed by atoms with E-state index in [4.69, 9.17) is 4.74 Å². The monoisotopic (exact) mass is 691 g/mol. The molecule has 0 saturated carbocycles. The highest BCUT2D eigenvalue weighted by Crippen LogP contribution is 2.27. The van der Waals surface area contributed by atoms with Crippen molar-refractivity contribution in [2.75, 3.05) is 18.0 Å². The van der Waals surface area contributed by atoms with Crippen LogP contribution in [-0.2, 0) is 32.6 Å². The van der Waals surface area contributed by atoms with Gasteiger partial charge in [-0.05, 0) is 80.4 Å². The molecule has 10 heteroatoms. The number of halogens is 1. The van der Waals surface area contributed by atoms with E-state index in [2.05, 4.69) is 21.2 Å². The van der Waals surface area contributed by atoms with Crippen LogP contribution in [0, 0.1) is 6.92 Å². The van der Waals surface area contributed by atoms with Gasteiger partial charge < -0.3 is 15.0 Å². The zero-order valence-electron chi connectivity index (χ0n) is 25.8. The fourth-order valence-electron chi connectivity index (χ4n) is 4.84. The molecule has 0 unspecified atom stereocenters. The summed E-state index contributed by atoms with van der Waals surface area (Å²) in [4.78, 5) is 29.7. The molecule has 0 fully saturated rings. The number of benzene rings is 4. The van der Waals surface area contributed by atoms with Crippen LogP contribution in [0.1, 0.15) is 30.5 Å². The summed E-state index contributed by atoms with van der Waals surface area (Å²) in [6, 6.07) is 28.8. The Kier molecular flexibility index (Phi) is 11.4. The topological polar surface area (TPSA) is 96.0 Å². The molecule has 236 valence electrons. The number of carbonyl (C=O) groups excluding carboxylic acids is 2. The Labute approximate surface area is 274 Å². The Morgan fingerprint density at radius 1 is 0.844 bits per heavy atom. The van der Waals surface area contributed by atoms with Gasteiger partial charge in [-0.3, -0.25) is 13.9 Å².